The van der Waals surface area contributed by atoms with E-state index < -0.39 is 0 Å². The van der Waals surface area contributed by atoms with Crippen molar-refractivity contribution in [2.24, 2.45) is 14.1 Å². The standard InChI is InChI=1S/C10H11N7O/c1-6-4-11-17(3)8(6)10-14-13-9(18-10)7-5-16(2)15-12-7/h4-5H,1-3H3. The molecule has 0 radical (unpaired) electrons. The normalized spacial score (nSPS) is 11.1. The number of nitrogens with zero attached hydrogens (tertiary/aromatic N) is 7. The van der Waals surface area contributed by atoms with Gasteiger partial charge in [-0.1, -0.05) is 5.21 Å². The minimum atomic E-state index is 0.346. The molecule has 3 heterocycles. The number of hydrogen-bond donors (Lipinski definition) is 0. The highest BCUT2D eigenvalue weighted by Crippen LogP contribution is 2.24. The van der Waals surface area contributed by atoms with Gasteiger partial charge in [-0.25, -0.2) is 0 Å². The molecule has 18 heavy (non-hydrogen) atoms. The van der Waals surface area contributed by atoms with E-state index in [4.69, 9.17) is 4.42 Å². The summed E-state index contributed by atoms with van der Waals surface area (Å²) in [7, 11) is 3.60. The lowest BCUT2D eigenvalue weighted by Gasteiger charge is -1.96. The lowest BCUT2D eigenvalue weighted by atomic mass is 10.3. The molecule has 8 nitrogen and oxygen atoms in total. The second-order valence-corrected chi connectivity index (χ2v) is 3.99. The third-order valence-corrected chi connectivity index (χ3v) is 2.57. The Morgan fingerprint density at radius 2 is 1.89 bits per heavy atom. The van der Waals surface area contributed by atoms with Gasteiger partial charge in [-0.2, -0.15) is 5.10 Å². The van der Waals surface area contributed by atoms with Crippen molar-refractivity contribution in [1.29, 1.82) is 0 Å². The highest BCUT2D eigenvalue weighted by Gasteiger charge is 2.17. The molecule has 0 N–H and O–H groups in total. The second-order valence-electron chi connectivity index (χ2n) is 3.99. The fraction of sp³-hybridized carbons (Fsp3) is 0.300. The molecule has 0 saturated heterocycles. The van der Waals surface area contributed by atoms with E-state index in [0.717, 1.165) is 11.3 Å². The molecule has 0 saturated carbocycles. The minimum absolute atomic E-state index is 0.346. The summed E-state index contributed by atoms with van der Waals surface area (Å²) in [6.07, 6.45) is 3.47. The third kappa shape index (κ3) is 1.58. The molecule has 0 bridgehead atoms. The maximum Gasteiger partial charge on any atom is 0.270 e. The predicted octanol–water partition coefficient (Wildman–Crippen LogP) is 0.574. The van der Waals surface area contributed by atoms with Gasteiger partial charge < -0.3 is 4.42 Å². The maximum absolute atomic E-state index is 5.59. The predicted molar refractivity (Wildman–Crippen MR) is 61.2 cm³/mol. The van der Waals surface area contributed by atoms with E-state index in [1.807, 2.05) is 14.0 Å². The van der Waals surface area contributed by atoms with E-state index in [1.165, 1.54) is 0 Å². The van der Waals surface area contributed by atoms with Crippen molar-refractivity contribution in [3.8, 4) is 23.2 Å². The fourth-order valence-corrected chi connectivity index (χ4v) is 1.72. The quantitative estimate of drug-likeness (QED) is 0.656. The van der Waals surface area contributed by atoms with E-state index >= 15 is 0 Å². The Kier molecular flexibility index (Phi) is 2.22. The van der Waals surface area contributed by atoms with Crippen LogP contribution in [0.15, 0.2) is 16.8 Å². The molecular weight excluding hydrogens is 234 g/mol. The molecule has 3 aromatic heterocycles. The molecule has 0 fully saturated rings. The molecule has 3 rings (SSSR count). The monoisotopic (exact) mass is 245 g/mol. The zero-order valence-electron chi connectivity index (χ0n) is 10.2. The molecule has 92 valence electrons. The molecule has 0 aliphatic carbocycles. The number of hydrogen-bond acceptors (Lipinski definition) is 6. The van der Waals surface area contributed by atoms with Crippen molar-refractivity contribution >= 4 is 0 Å². The van der Waals surface area contributed by atoms with Gasteiger partial charge in [0.25, 0.3) is 11.8 Å². The Balaban J connectivity index is 2.04. The average molecular weight is 245 g/mol. The van der Waals surface area contributed by atoms with Crippen LogP contribution in [0, 0.1) is 6.92 Å². The Labute approximate surface area is 102 Å². The van der Waals surface area contributed by atoms with Crippen molar-refractivity contribution in [1.82, 2.24) is 35.0 Å². The molecule has 0 spiro atoms. The van der Waals surface area contributed by atoms with Gasteiger partial charge in [-0.15, -0.1) is 15.3 Å². The SMILES string of the molecule is Cc1cnn(C)c1-c1nnc(-c2cn(C)nn2)o1. The minimum Gasteiger partial charge on any atom is -0.413 e. The molecule has 8 heteroatoms. The van der Waals surface area contributed by atoms with Crippen molar-refractivity contribution in [3.05, 3.63) is 18.0 Å². The van der Waals surface area contributed by atoms with Gasteiger partial charge in [0.2, 0.25) is 0 Å². The summed E-state index contributed by atoms with van der Waals surface area (Å²) in [5.74, 6) is 0.770. The van der Waals surface area contributed by atoms with E-state index in [1.54, 1.807) is 28.8 Å². The smallest absolute Gasteiger partial charge is 0.270 e. The molecule has 0 aromatic carbocycles. The molecular formula is C10H11N7O. The number of rotatable bonds is 2. The summed E-state index contributed by atoms with van der Waals surface area (Å²) in [6, 6.07) is 0. The lowest BCUT2D eigenvalue weighted by molar-refractivity contribution is 0.572. The molecule has 0 amide bonds. The summed E-state index contributed by atoms with van der Waals surface area (Å²) in [5, 5.41) is 19.9. The van der Waals surface area contributed by atoms with E-state index in [-0.39, 0.29) is 0 Å². The summed E-state index contributed by atoms with van der Waals surface area (Å²) in [4.78, 5) is 0. The Morgan fingerprint density at radius 1 is 1.11 bits per heavy atom. The lowest BCUT2D eigenvalue weighted by Crippen LogP contribution is -1.94. The van der Waals surface area contributed by atoms with Gasteiger partial charge in [0.05, 0.1) is 12.4 Å². The maximum atomic E-state index is 5.59. The van der Waals surface area contributed by atoms with Gasteiger partial charge in [0.1, 0.15) is 5.69 Å². The first-order chi connectivity index (χ1) is 8.65. The van der Waals surface area contributed by atoms with Crippen LogP contribution < -0.4 is 0 Å². The zero-order valence-corrected chi connectivity index (χ0v) is 10.2. The van der Waals surface area contributed by atoms with Gasteiger partial charge in [0, 0.05) is 14.1 Å². The van der Waals surface area contributed by atoms with Crippen LogP contribution in [0.3, 0.4) is 0 Å². The Hall–Kier alpha value is -2.51. The summed E-state index contributed by atoms with van der Waals surface area (Å²) in [6.45, 7) is 1.94. The zero-order chi connectivity index (χ0) is 12.7. The molecule has 0 aliphatic heterocycles. The van der Waals surface area contributed by atoms with Crippen molar-refractivity contribution < 1.29 is 4.42 Å². The summed E-state index contributed by atoms with van der Waals surface area (Å²) >= 11 is 0. The van der Waals surface area contributed by atoms with Gasteiger partial charge in [0.15, 0.2) is 5.69 Å². The molecule has 0 aliphatic rings. The van der Waals surface area contributed by atoms with Crippen LogP contribution in [0.1, 0.15) is 5.56 Å². The number of aromatic nitrogens is 7. The van der Waals surface area contributed by atoms with Crippen molar-refractivity contribution in [3.63, 3.8) is 0 Å². The Bertz CT molecular complexity index is 673. The van der Waals surface area contributed by atoms with E-state index in [9.17, 15) is 0 Å². The first kappa shape index (κ1) is 10.6. The number of aryl methyl sites for hydroxylation is 3. The average Bonchev–Trinajstić information content (AvgIpc) is 3.00. The summed E-state index contributed by atoms with van der Waals surface area (Å²) in [5.41, 5.74) is 2.33. The highest BCUT2D eigenvalue weighted by molar-refractivity contribution is 5.54. The van der Waals surface area contributed by atoms with E-state index in [2.05, 4.69) is 25.6 Å². The molecule has 3 aromatic rings. The topological polar surface area (TPSA) is 87.5 Å². The molecule has 0 unspecified atom stereocenters. The van der Waals surface area contributed by atoms with Crippen molar-refractivity contribution in [2.75, 3.05) is 0 Å². The van der Waals surface area contributed by atoms with Crippen LogP contribution in [0.5, 0.6) is 0 Å². The van der Waals surface area contributed by atoms with Gasteiger partial charge in [-0.3, -0.25) is 9.36 Å². The van der Waals surface area contributed by atoms with Gasteiger partial charge >= 0.3 is 0 Å². The van der Waals surface area contributed by atoms with Crippen LogP contribution in [-0.2, 0) is 14.1 Å². The van der Waals surface area contributed by atoms with Crippen LogP contribution in [0.4, 0.5) is 0 Å². The van der Waals surface area contributed by atoms with Crippen LogP contribution in [-0.4, -0.2) is 35.0 Å². The third-order valence-electron chi connectivity index (χ3n) is 2.57. The van der Waals surface area contributed by atoms with Crippen LogP contribution in [0.2, 0.25) is 0 Å². The first-order valence-electron chi connectivity index (χ1n) is 5.34. The Morgan fingerprint density at radius 3 is 2.50 bits per heavy atom. The van der Waals surface area contributed by atoms with Crippen LogP contribution >= 0.6 is 0 Å². The van der Waals surface area contributed by atoms with Crippen molar-refractivity contribution in [2.45, 2.75) is 6.92 Å². The molecule has 0 atom stereocenters. The summed E-state index contributed by atoms with van der Waals surface area (Å²) < 4.78 is 8.87. The highest BCUT2D eigenvalue weighted by atomic mass is 16.4. The van der Waals surface area contributed by atoms with E-state index in [0.29, 0.717) is 17.5 Å². The largest absolute Gasteiger partial charge is 0.413 e. The second kappa shape index (κ2) is 3.76. The fourth-order valence-electron chi connectivity index (χ4n) is 1.72. The first-order valence-corrected chi connectivity index (χ1v) is 5.34. The van der Waals surface area contributed by atoms with Gasteiger partial charge in [-0.05, 0) is 12.5 Å². The van der Waals surface area contributed by atoms with Crippen LogP contribution in [0.25, 0.3) is 23.2 Å².